The summed E-state index contributed by atoms with van der Waals surface area (Å²) in [4.78, 5) is 11.7. The van der Waals surface area contributed by atoms with E-state index in [9.17, 15) is 9.90 Å². The van der Waals surface area contributed by atoms with Crippen molar-refractivity contribution in [1.29, 1.82) is 0 Å². The molecule has 4 nitrogen and oxygen atoms in total. The van der Waals surface area contributed by atoms with Crippen LogP contribution in [0.2, 0.25) is 5.02 Å². The molecule has 0 bridgehead atoms. The van der Waals surface area contributed by atoms with Crippen LogP contribution in [0.25, 0.3) is 0 Å². The SMILES string of the molecule is Cl.O=C(CSCc1cccc(Cl)c1)NCC1CNCC1O. The molecule has 0 aliphatic carbocycles. The summed E-state index contributed by atoms with van der Waals surface area (Å²) in [6.07, 6.45) is -0.352. The second-order valence-corrected chi connectivity index (χ2v) is 6.33. The summed E-state index contributed by atoms with van der Waals surface area (Å²) < 4.78 is 0. The fourth-order valence-corrected chi connectivity index (χ4v) is 3.13. The van der Waals surface area contributed by atoms with Crippen molar-refractivity contribution in [3.8, 4) is 0 Å². The van der Waals surface area contributed by atoms with Crippen molar-refractivity contribution < 1.29 is 9.90 Å². The van der Waals surface area contributed by atoms with E-state index in [0.29, 0.717) is 18.8 Å². The number of hydrogen-bond donors (Lipinski definition) is 3. The summed E-state index contributed by atoms with van der Waals surface area (Å²) in [5.41, 5.74) is 1.12. The predicted molar refractivity (Wildman–Crippen MR) is 90.2 cm³/mol. The van der Waals surface area contributed by atoms with Gasteiger partial charge in [-0.1, -0.05) is 23.7 Å². The zero-order valence-electron chi connectivity index (χ0n) is 11.5. The zero-order chi connectivity index (χ0) is 14.4. The van der Waals surface area contributed by atoms with Gasteiger partial charge in [-0.15, -0.1) is 24.2 Å². The lowest BCUT2D eigenvalue weighted by Crippen LogP contribution is -2.35. The third-order valence-corrected chi connectivity index (χ3v) is 4.50. The molecule has 0 saturated carbocycles. The molecule has 118 valence electrons. The Hall–Kier alpha value is -0.460. The Bertz CT molecular complexity index is 462. The van der Waals surface area contributed by atoms with Crippen LogP contribution in [0, 0.1) is 5.92 Å². The Morgan fingerprint density at radius 2 is 2.29 bits per heavy atom. The zero-order valence-corrected chi connectivity index (χ0v) is 13.9. The first kappa shape index (κ1) is 18.6. The molecule has 1 aromatic rings. The van der Waals surface area contributed by atoms with Crippen molar-refractivity contribution in [2.24, 2.45) is 5.92 Å². The maximum absolute atomic E-state index is 11.7. The van der Waals surface area contributed by atoms with Crippen LogP contribution in [0.3, 0.4) is 0 Å². The summed E-state index contributed by atoms with van der Waals surface area (Å²) >= 11 is 7.46. The molecular formula is C14H20Cl2N2O2S. The van der Waals surface area contributed by atoms with E-state index >= 15 is 0 Å². The minimum absolute atomic E-state index is 0. The van der Waals surface area contributed by atoms with Crippen LogP contribution in [-0.4, -0.2) is 42.5 Å². The fraction of sp³-hybridized carbons (Fsp3) is 0.500. The minimum atomic E-state index is -0.352. The number of benzene rings is 1. The Labute approximate surface area is 140 Å². The standard InChI is InChI=1S/C14H19ClN2O2S.ClH/c15-12-3-1-2-10(4-12)8-20-9-14(19)17-6-11-5-16-7-13(11)18;/h1-4,11,13,16,18H,5-9H2,(H,17,19);1H. The van der Waals surface area contributed by atoms with E-state index in [0.717, 1.165) is 22.9 Å². The van der Waals surface area contributed by atoms with Crippen LogP contribution >= 0.6 is 35.8 Å². The number of rotatable bonds is 6. The van der Waals surface area contributed by atoms with Crippen LogP contribution in [0.15, 0.2) is 24.3 Å². The average Bonchev–Trinajstić information content (AvgIpc) is 2.82. The molecule has 2 unspecified atom stereocenters. The van der Waals surface area contributed by atoms with Gasteiger partial charge in [0.1, 0.15) is 0 Å². The second-order valence-electron chi connectivity index (χ2n) is 4.91. The first-order valence-electron chi connectivity index (χ1n) is 6.63. The van der Waals surface area contributed by atoms with E-state index in [1.807, 2.05) is 24.3 Å². The molecule has 1 fully saturated rings. The first-order valence-corrected chi connectivity index (χ1v) is 8.16. The molecule has 1 amide bonds. The number of thioether (sulfide) groups is 1. The number of carbonyl (C=O) groups excluding carboxylic acids is 1. The molecule has 7 heteroatoms. The third kappa shape index (κ3) is 6.45. The van der Waals surface area contributed by atoms with Crippen molar-refractivity contribution >= 4 is 41.7 Å². The number of halogens is 2. The van der Waals surface area contributed by atoms with Crippen LogP contribution in [0.4, 0.5) is 0 Å². The Kier molecular flexibility index (Phi) is 8.44. The van der Waals surface area contributed by atoms with E-state index in [-0.39, 0.29) is 30.3 Å². The lowest BCUT2D eigenvalue weighted by Gasteiger charge is -2.13. The van der Waals surface area contributed by atoms with Gasteiger partial charge in [-0.3, -0.25) is 4.79 Å². The Morgan fingerprint density at radius 3 is 2.95 bits per heavy atom. The highest BCUT2D eigenvalue weighted by Gasteiger charge is 2.24. The van der Waals surface area contributed by atoms with Gasteiger partial charge in [-0.2, -0.15) is 0 Å². The van der Waals surface area contributed by atoms with E-state index < -0.39 is 0 Å². The summed E-state index contributed by atoms with van der Waals surface area (Å²) in [6.45, 7) is 1.91. The fourth-order valence-electron chi connectivity index (χ4n) is 2.11. The van der Waals surface area contributed by atoms with Gasteiger partial charge in [-0.05, 0) is 17.7 Å². The molecule has 2 atom stereocenters. The lowest BCUT2D eigenvalue weighted by molar-refractivity contribution is -0.118. The first-order chi connectivity index (χ1) is 9.65. The summed E-state index contributed by atoms with van der Waals surface area (Å²) in [5, 5.41) is 16.3. The predicted octanol–water partition coefficient (Wildman–Crippen LogP) is 1.69. The molecule has 21 heavy (non-hydrogen) atoms. The smallest absolute Gasteiger partial charge is 0.230 e. The highest BCUT2D eigenvalue weighted by atomic mass is 35.5. The normalized spacial score (nSPS) is 20.9. The molecule has 1 aliphatic heterocycles. The Morgan fingerprint density at radius 1 is 1.48 bits per heavy atom. The van der Waals surface area contributed by atoms with Gasteiger partial charge < -0.3 is 15.7 Å². The average molecular weight is 351 g/mol. The highest BCUT2D eigenvalue weighted by Crippen LogP contribution is 2.16. The molecule has 3 N–H and O–H groups in total. The number of aliphatic hydroxyl groups excluding tert-OH is 1. The lowest BCUT2D eigenvalue weighted by atomic mass is 10.1. The minimum Gasteiger partial charge on any atom is -0.391 e. The molecule has 0 spiro atoms. The van der Waals surface area contributed by atoms with Crippen molar-refractivity contribution in [3.05, 3.63) is 34.9 Å². The monoisotopic (exact) mass is 350 g/mol. The molecule has 0 aromatic heterocycles. The maximum atomic E-state index is 11.7. The summed E-state index contributed by atoms with van der Waals surface area (Å²) in [6, 6.07) is 7.65. The number of amides is 1. The number of carbonyl (C=O) groups is 1. The topological polar surface area (TPSA) is 61.4 Å². The van der Waals surface area contributed by atoms with Gasteiger partial charge in [0.15, 0.2) is 0 Å². The second kappa shape index (κ2) is 9.54. The molecule has 0 radical (unpaired) electrons. The molecular weight excluding hydrogens is 331 g/mol. The van der Waals surface area contributed by atoms with Gasteiger partial charge in [0.25, 0.3) is 0 Å². The maximum Gasteiger partial charge on any atom is 0.230 e. The van der Waals surface area contributed by atoms with Crippen LogP contribution in [-0.2, 0) is 10.5 Å². The van der Waals surface area contributed by atoms with Crippen molar-refractivity contribution in [1.82, 2.24) is 10.6 Å². The van der Waals surface area contributed by atoms with Gasteiger partial charge in [-0.25, -0.2) is 0 Å². The quantitative estimate of drug-likeness (QED) is 0.730. The van der Waals surface area contributed by atoms with Gasteiger partial charge >= 0.3 is 0 Å². The highest BCUT2D eigenvalue weighted by molar-refractivity contribution is 7.99. The van der Waals surface area contributed by atoms with Gasteiger partial charge in [0.2, 0.25) is 5.91 Å². The molecule has 2 rings (SSSR count). The van der Waals surface area contributed by atoms with E-state index in [2.05, 4.69) is 10.6 Å². The van der Waals surface area contributed by atoms with E-state index in [1.54, 1.807) is 11.8 Å². The van der Waals surface area contributed by atoms with Crippen LogP contribution in [0.1, 0.15) is 5.56 Å². The molecule has 1 saturated heterocycles. The largest absolute Gasteiger partial charge is 0.391 e. The van der Waals surface area contributed by atoms with Gasteiger partial charge in [0.05, 0.1) is 11.9 Å². The summed E-state index contributed by atoms with van der Waals surface area (Å²) in [5.74, 6) is 1.32. The van der Waals surface area contributed by atoms with E-state index in [4.69, 9.17) is 11.6 Å². The number of nitrogens with one attached hydrogen (secondary N) is 2. The third-order valence-electron chi connectivity index (χ3n) is 3.26. The summed E-state index contributed by atoms with van der Waals surface area (Å²) in [7, 11) is 0. The molecule has 1 heterocycles. The molecule has 1 aromatic carbocycles. The van der Waals surface area contributed by atoms with Crippen molar-refractivity contribution in [2.45, 2.75) is 11.9 Å². The van der Waals surface area contributed by atoms with Crippen LogP contribution < -0.4 is 10.6 Å². The van der Waals surface area contributed by atoms with Gasteiger partial charge in [0, 0.05) is 36.3 Å². The Balaban J connectivity index is 0.00000220. The van der Waals surface area contributed by atoms with E-state index in [1.165, 1.54) is 0 Å². The van der Waals surface area contributed by atoms with Crippen molar-refractivity contribution in [2.75, 3.05) is 25.4 Å². The number of hydrogen-bond acceptors (Lipinski definition) is 4. The molecule has 1 aliphatic rings. The van der Waals surface area contributed by atoms with Crippen molar-refractivity contribution in [3.63, 3.8) is 0 Å². The van der Waals surface area contributed by atoms with Crippen LogP contribution in [0.5, 0.6) is 0 Å². The number of aliphatic hydroxyl groups is 1. The number of β-amino-alcohol motifs (C(OH)–C–C–N with tert-alkyl or cyclic N) is 1.